The summed E-state index contributed by atoms with van der Waals surface area (Å²) in [4.78, 5) is 2.02. The van der Waals surface area contributed by atoms with Gasteiger partial charge in [0, 0.05) is 25.7 Å². The van der Waals surface area contributed by atoms with Gasteiger partial charge in [-0.15, -0.1) is 0 Å². The molecule has 1 unspecified atom stereocenters. The second-order valence-electron chi connectivity index (χ2n) is 7.02. The Kier molecular flexibility index (Phi) is 5.71. The third-order valence-corrected chi connectivity index (χ3v) is 4.97. The van der Waals surface area contributed by atoms with Gasteiger partial charge in [-0.05, 0) is 49.9 Å². The van der Waals surface area contributed by atoms with Crippen molar-refractivity contribution >= 4 is 5.69 Å². The molecule has 2 aromatic rings. The minimum absolute atomic E-state index is 0.182. The van der Waals surface area contributed by atoms with Crippen molar-refractivity contribution in [3.8, 4) is 0 Å². The van der Waals surface area contributed by atoms with E-state index in [0.29, 0.717) is 38.2 Å². The van der Waals surface area contributed by atoms with Gasteiger partial charge in [0.25, 0.3) is 0 Å². The summed E-state index contributed by atoms with van der Waals surface area (Å²) in [5, 5.41) is 13.1. The molecule has 0 radical (unpaired) electrons. The van der Waals surface area contributed by atoms with E-state index < -0.39 is 0 Å². The van der Waals surface area contributed by atoms with E-state index in [-0.39, 0.29) is 18.0 Å². The second kappa shape index (κ2) is 7.98. The molecule has 1 aliphatic heterocycles. The van der Waals surface area contributed by atoms with E-state index >= 15 is 0 Å². The topological polar surface area (TPSA) is 35.5 Å². The van der Waals surface area contributed by atoms with Crippen LogP contribution in [0.1, 0.15) is 42.5 Å². The molecule has 3 rings (SSSR count). The first-order chi connectivity index (χ1) is 12.0. The zero-order chi connectivity index (χ0) is 17.8. The first-order valence-electron chi connectivity index (χ1n) is 9.04. The number of benzene rings is 2. The van der Waals surface area contributed by atoms with E-state index in [9.17, 15) is 9.50 Å². The van der Waals surface area contributed by atoms with Gasteiger partial charge in [0.1, 0.15) is 5.82 Å². The van der Waals surface area contributed by atoms with Crippen LogP contribution in [0.25, 0.3) is 0 Å². The van der Waals surface area contributed by atoms with Gasteiger partial charge < -0.3 is 15.3 Å². The van der Waals surface area contributed by atoms with E-state index in [2.05, 4.69) is 43.4 Å². The van der Waals surface area contributed by atoms with Crippen molar-refractivity contribution in [3.63, 3.8) is 0 Å². The molecule has 25 heavy (non-hydrogen) atoms. The van der Waals surface area contributed by atoms with Crippen LogP contribution in [0.15, 0.2) is 42.5 Å². The Morgan fingerprint density at radius 2 is 1.96 bits per heavy atom. The fourth-order valence-electron chi connectivity index (χ4n) is 3.35. The molecule has 1 fully saturated rings. The molecule has 0 spiro atoms. The van der Waals surface area contributed by atoms with Crippen molar-refractivity contribution < 1.29 is 9.50 Å². The first kappa shape index (κ1) is 17.9. The summed E-state index contributed by atoms with van der Waals surface area (Å²) in [6.45, 7) is 6.26. The highest BCUT2D eigenvalue weighted by Gasteiger charge is 2.19. The SMILES string of the molecule is Cc1cccc(C(C)NCc2ccc(N3CCC(O)CC3)c(F)c2)c1. The quantitative estimate of drug-likeness (QED) is 0.864. The second-order valence-corrected chi connectivity index (χ2v) is 7.02. The number of anilines is 1. The van der Waals surface area contributed by atoms with Gasteiger partial charge in [-0.2, -0.15) is 0 Å². The largest absolute Gasteiger partial charge is 0.393 e. The van der Waals surface area contributed by atoms with E-state index in [1.807, 2.05) is 17.0 Å². The molecule has 0 bridgehead atoms. The average Bonchev–Trinajstić information content (AvgIpc) is 2.61. The number of rotatable bonds is 5. The van der Waals surface area contributed by atoms with Gasteiger partial charge in [-0.3, -0.25) is 0 Å². The normalized spacial score (nSPS) is 16.9. The Morgan fingerprint density at radius 1 is 1.20 bits per heavy atom. The van der Waals surface area contributed by atoms with Gasteiger partial charge in [-0.1, -0.05) is 35.9 Å². The van der Waals surface area contributed by atoms with Gasteiger partial charge in [0.05, 0.1) is 11.8 Å². The minimum atomic E-state index is -0.245. The summed E-state index contributed by atoms with van der Waals surface area (Å²) in [7, 11) is 0. The molecule has 0 amide bonds. The molecule has 0 aromatic heterocycles. The van der Waals surface area contributed by atoms with E-state index in [1.54, 1.807) is 6.07 Å². The van der Waals surface area contributed by atoms with Gasteiger partial charge in [0.15, 0.2) is 0 Å². The van der Waals surface area contributed by atoms with Crippen LogP contribution < -0.4 is 10.2 Å². The monoisotopic (exact) mass is 342 g/mol. The fraction of sp³-hybridized carbons (Fsp3) is 0.429. The average molecular weight is 342 g/mol. The maximum absolute atomic E-state index is 14.5. The van der Waals surface area contributed by atoms with Crippen LogP contribution in [-0.2, 0) is 6.54 Å². The first-order valence-corrected chi connectivity index (χ1v) is 9.04. The maximum Gasteiger partial charge on any atom is 0.146 e. The molecule has 4 heteroatoms. The molecule has 1 saturated heterocycles. The van der Waals surface area contributed by atoms with Crippen LogP contribution >= 0.6 is 0 Å². The summed E-state index contributed by atoms with van der Waals surface area (Å²) < 4.78 is 14.5. The molecule has 0 saturated carbocycles. The molecule has 1 heterocycles. The predicted octanol–water partition coefficient (Wildman–Crippen LogP) is 3.95. The lowest BCUT2D eigenvalue weighted by Crippen LogP contribution is -2.36. The molecule has 1 atom stereocenters. The van der Waals surface area contributed by atoms with Gasteiger partial charge in [0.2, 0.25) is 0 Å². The van der Waals surface area contributed by atoms with E-state index in [1.165, 1.54) is 11.1 Å². The van der Waals surface area contributed by atoms with Crippen molar-refractivity contribution in [1.82, 2.24) is 5.32 Å². The molecular formula is C21H27FN2O. The Bertz CT molecular complexity index is 711. The zero-order valence-corrected chi connectivity index (χ0v) is 15.0. The highest BCUT2D eigenvalue weighted by atomic mass is 19.1. The maximum atomic E-state index is 14.5. The van der Waals surface area contributed by atoms with Crippen molar-refractivity contribution in [3.05, 3.63) is 65.0 Å². The zero-order valence-electron chi connectivity index (χ0n) is 15.0. The van der Waals surface area contributed by atoms with Crippen molar-refractivity contribution in [2.24, 2.45) is 0 Å². The highest BCUT2D eigenvalue weighted by Crippen LogP contribution is 2.24. The number of aryl methyl sites for hydroxylation is 1. The fourth-order valence-corrected chi connectivity index (χ4v) is 3.35. The van der Waals surface area contributed by atoms with E-state index in [4.69, 9.17) is 0 Å². The molecular weight excluding hydrogens is 315 g/mol. The molecule has 134 valence electrons. The standard InChI is InChI=1S/C21H27FN2O/c1-15-4-3-5-18(12-15)16(2)23-14-17-6-7-21(20(22)13-17)24-10-8-19(25)9-11-24/h3-7,12-13,16,19,23,25H,8-11,14H2,1-2H3. The highest BCUT2D eigenvalue weighted by molar-refractivity contribution is 5.49. The Balaban J connectivity index is 1.61. The number of piperidine rings is 1. The number of hydrogen-bond donors (Lipinski definition) is 2. The number of hydrogen-bond acceptors (Lipinski definition) is 3. The summed E-state index contributed by atoms with van der Waals surface area (Å²) in [6.07, 6.45) is 1.17. The summed E-state index contributed by atoms with van der Waals surface area (Å²) in [5.41, 5.74) is 4.07. The minimum Gasteiger partial charge on any atom is -0.393 e. The van der Waals surface area contributed by atoms with Crippen molar-refractivity contribution in [1.29, 1.82) is 0 Å². The number of nitrogens with one attached hydrogen (secondary N) is 1. The van der Waals surface area contributed by atoms with Crippen LogP contribution in [0.5, 0.6) is 0 Å². The van der Waals surface area contributed by atoms with Crippen LogP contribution in [0.4, 0.5) is 10.1 Å². The molecule has 2 aromatic carbocycles. The Labute approximate surface area is 149 Å². The lowest BCUT2D eigenvalue weighted by atomic mass is 10.0. The number of halogens is 1. The van der Waals surface area contributed by atoms with Crippen molar-refractivity contribution in [2.45, 2.75) is 45.4 Å². The third-order valence-electron chi connectivity index (χ3n) is 4.97. The third kappa shape index (κ3) is 4.59. The number of nitrogens with zero attached hydrogens (tertiary/aromatic N) is 1. The van der Waals surface area contributed by atoms with Crippen LogP contribution in [0.2, 0.25) is 0 Å². The lowest BCUT2D eigenvalue weighted by Gasteiger charge is -2.31. The van der Waals surface area contributed by atoms with Crippen molar-refractivity contribution in [2.75, 3.05) is 18.0 Å². The lowest BCUT2D eigenvalue weighted by molar-refractivity contribution is 0.145. The molecule has 2 N–H and O–H groups in total. The summed E-state index contributed by atoms with van der Waals surface area (Å²) in [6, 6.07) is 14.1. The van der Waals surface area contributed by atoms with Crippen LogP contribution in [0, 0.1) is 12.7 Å². The molecule has 3 nitrogen and oxygen atoms in total. The van der Waals surface area contributed by atoms with Gasteiger partial charge >= 0.3 is 0 Å². The van der Waals surface area contributed by atoms with Crippen LogP contribution in [-0.4, -0.2) is 24.3 Å². The predicted molar refractivity (Wildman–Crippen MR) is 100 cm³/mol. The van der Waals surface area contributed by atoms with Crippen LogP contribution in [0.3, 0.4) is 0 Å². The number of aliphatic hydroxyl groups excluding tert-OH is 1. The molecule has 0 aliphatic carbocycles. The van der Waals surface area contributed by atoms with E-state index in [0.717, 1.165) is 5.56 Å². The molecule has 1 aliphatic rings. The summed E-state index contributed by atoms with van der Waals surface area (Å²) in [5.74, 6) is -0.182. The van der Waals surface area contributed by atoms with Gasteiger partial charge in [-0.25, -0.2) is 4.39 Å². The summed E-state index contributed by atoms with van der Waals surface area (Å²) >= 11 is 0. The Morgan fingerprint density at radius 3 is 2.64 bits per heavy atom. The Hall–Kier alpha value is -1.91. The number of aliphatic hydroxyl groups is 1. The smallest absolute Gasteiger partial charge is 0.146 e.